The fourth-order valence-corrected chi connectivity index (χ4v) is 2.55. The number of piperidine rings is 1. The van der Waals surface area contributed by atoms with Crippen LogP contribution < -0.4 is 10.6 Å². The number of carbonyl (C=O) groups is 1. The molecule has 0 radical (unpaired) electrons. The molecule has 17 heavy (non-hydrogen) atoms. The van der Waals surface area contributed by atoms with E-state index in [9.17, 15) is 4.79 Å². The Morgan fingerprint density at radius 1 is 1.35 bits per heavy atom. The molecule has 100 valence electrons. The second-order valence-electron chi connectivity index (χ2n) is 5.68. The molecule has 1 rings (SSSR count). The molecule has 1 heterocycles. The predicted octanol–water partition coefficient (Wildman–Crippen LogP) is 2.32. The lowest BCUT2D eigenvalue weighted by Gasteiger charge is -2.35. The van der Waals surface area contributed by atoms with Crippen LogP contribution in [0.15, 0.2) is 0 Å². The average molecular weight is 240 g/mol. The minimum atomic E-state index is -0.0942. The maximum absolute atomic E-state index is 12.3. The first-order chi connectivity index (χ1) is 8.10. The third kappa shape index (κ3) is 4.30. The van der Waals surface area contributed by atoms with Crippen LogP contribution in [-0.2, 0) is 4.79 Å². The Morgan fingerprint density at radius 3 is 2.53 bits per heavy atom. The van der Waals surface area contributed by atoms with E-state index in [1.807, 2.05) is 0 Å². The summed E-state index contributed by atoms with van der Waals surface area (Å²) in [5.41, 5.74) is -0.0942. The highest BCUT2D eigenvalue weighted by Crippen LogP contribution is 2.32. The van der Waals surface area contributed by atoms with E-state index in [2.05, 4.69) is 31.4 Å². The molecule has 0 saturated carbocycles. The summed E-state index contributed by atoms with van der Waals surface area (Å²) in [6.07, 6.45) is 5.23. The van der Waals surface area contributed by atoms with Crippen LogP contribution in [0.1, 0.15) is 52.9 Å². The number of amides is 1. The third-order valence-corrected chi connectivity index (χ3v) is 3.96. The topological polar surface area (TPSA) is 41.1 Å². The molecule has 1 saturated heterocycles. The highest BCUT2D eigenvalue weighted by molar-refractivity contribution is 5.82. The van der Waals surface area contributed by atoms with E-state index in [1.165, 1.54) is 6.42 Å². The number of hydrogen-bond acceptors (Lipinski definition) is 2. The summed E-state index contributed by atoms with van der Waals surface area (Å²) in [5.74, 6) is 1.01. The van der Waals surface area contributed by atoms with Gasteiger partial charge in [-0.15, -0.1) is 0 Å². The lowest BCUT2D eigenvalue weighted by molar-refractivity contribution is -0.132. The zero-order chi connectivity index (χ0) is 12.7. The summed E-state index contributed by atoms with van der Waals surface area (Å²) in [7, 11) is 0. The van der Waals surface area contributed by atoms with E-state index < -0.39 is 0 Å². The lowest BCUT2D eigenvalue weighted by atomic mass is 9.76. The molecule has 0 bridgehead atoms. The minimum Gasteiger partial charge on any atom is -0.356 e. The van der Waals surface area contributed by atoms with Gasteiger partial charge in [0.25, 0.3) is 0 Å². The van der Waals surface area contributed by atoms with Crippen molar-refractivity contribution in [3.05, 3.63) is 0 Å². The molecular weight excluding hydrogens is 212 g/mol. The van der Waals surface area contributed by atoms with Crippen molar-refractivity contribution in [3.63, 3.8) is 0 Å². The Morgan fingerprint density at radius 2 is 2.00 bits per heavy atom. The Hall–Kier alpha value is -0.570. The van der Waals surface area contributed by atoms with Gasteiger partial charge in [0.15, 0.2) is 0 Å². The SMILES string of the molecule is CCC1(C(=O)NCCCC(C)C)CCNCC1. The van der Waals surface area contributed by atoms with Crippen molar-refractivity contribution in [3.8, 4) is 0 Å². The molecule has 0 spiro atoms. The molecular formula is C14H28N2O. The summed E-state index contributed by atoms with van der Waals surface area (Å²) >= 11 is 0. The van der Waals surface area contributed by atoms with Crippen molar-refractivity contribution in [2.45, 2.75) is 52.9 Å². The monoisotopic (exact) mass is 240 g/mol. The largest absolute Gasteiger partial charge is 0.356 e. The van der Waals surface area contributed by atoms with Crippen LogP contribution in [0.25, 0.3) is 0 Å². The molecule has 1 amide bonds. The molecule has 3 heteroatoms. The van der Waals surface area contributed by atoms with Crippen LogP contribution in [0.2, 0.25) is 0 Å². The molecule has 0 aromatic rings. The van der Waals surface area contributed by atoms with E-state index in [0.717, 1.165) is 51.2 Å². The van der Waals surface area contributed by atoms with Gasteiger partial charge < -0.3 is 10.6 Å². The van der Waals surface area contributed by atoms with Crippen LogP contribution in [0.4, 0.5) is 0 Å². The fraction of sp³-hybridized carbons (Fsp3) is 0.929. The van der Waals surface area contributed by atoms with Crippen molar-refractivity contribution >= 4 is 5.91 Å². The van der Waals surface area contributed by atoms with Crippen molar-refractivity contribution in [2.75, 3.05) is 19.6 Å². The maximum atomic E-state index is 12.3. The van der Waals surface area contributed by atoms with Gasteiger partial charge in [-0.05, 0) is 51.1 Å². The summed E-state index contributed by atoms with van der Waals surface area (Å²) in [5, 5.41) is 6.46. The maximum Gasteiger partial charge on any atom is 0.226 e. The summed E-state index contributed by atoms with van der Waals surface area (Å²) in [6.45, 7) is 9.38. The van der Waals surface area contributed by atoms with Gasteiger partial charge in [0, 0.05) is 6.54 Å². The summed E-state index contributed by atoms with van der Waals surface area (Å²) < 4.78 is 0. The molecule has 3 nitrogen and oxygen atoms in total. The van der Waals surface area contributed by atoms with Gasteiger partial charge in [-0.1, -0.05) is 20.8 Å². The van der Waals surface area contributed by atoms with Crippen LogP contribution in [0.3, 0.4) is 0 Å². The molecule has 2 N–H and O–H groups in total. The first-order valence-corrected chi connectivity index (χ1v) is 7.10. The van der Waals surface area contributed by atoms with E-state index >= 15 is 0 Å². The first-order valence-electron chi connectivity index (χ1n) is 7.10. The predicted molar refractivity (Wildman–Crippen MR) is 71.9 cm³/mol. The smallest absolute Gasteiger partial charge is 0.226 e. The Bertz CT molecular complexity index is 232. The Labute approximate surface area is 106 Å². The van der Waals surface area contributed by atoms with Gasteiger partial charge in [0.05, 0.1) is 5.41 Å². The van der Waals surface area contributed by atoms with E-state index in [-0.39, 0.29) is 11.3 Å². The number of carbonyl (C=O) groups excluding carboxylic acids is 1. The fourth-order valence-electron chi connectivity index (χ4n) is 2.55. The zero-order valence-electron chi connectivity index (χ0n) is 11.6. The molecule has 1 aliphatic rings. The number of hydrogen-bond donors (Lipinski definition) is 2. The zero-order valence-corrected chi connectivity index (χ0v) is 11.6. The molecule has 0 unspecified atom stereocenters. The molecule has 0 aliphatic carbocycles. The standard InChI is InChI=1S/C14H28N2O/c1-4-14(7-10-15-11-8-14)13(17)16-9-5-6-12(2)3/h12,15H,4-11H2,1-3H3,(H,16,17). The third-order valence-electron chi connectivity index (χ3n) is 3.96. The van der Waals surface area contributed by atoms with Crippen molar-refractivity contribution in [1.29, 1.82) is 0 Å². The van der Waals surface area contributed by atoms with Crippen LogP contribution in [0.5, 0.6) is 0 Å². The second-order valence-corrected chi connectivity index (χ2v) is 5.68. The molecule has 1 aliphatic heterocycles. The van der Waals surface area contributed by atoms with Gasteiger partial charge in [0.1, 0.15) is 0 Å². The molecule has 0 atom stereocenters. The van der Waals surface area contributed by atoms with Gasteiger partial charge in [-0.2, -0.15) is 0 Å². The normalized spacial score (nSPS) is 19.3. The second kappa shape index (κ2) is 7.00. The van der Waals surface area contributed by atoms with E-state index in [0.29, 0.717) is 0 Å². The number of nitrogens with one attached hydrogen (secondary N) is 2. The number of rotatable bonds is 6. The van der Waals surface area contributed by atoms with Gasteiger partial charge in [-0.25, -0.2) is 0 Å². The van der Waals surface area contributed by atoms with Crippen LogP contribution in [-0.4, -0.2) is 25.5 Å². The first kappa shape index (κ1) is 14.5. The lowest BCUT2D eigenvalue weighted by Crippen LogP contribution is -2.47. The van der Waals surface area contributed by atoms with Gasteiger partial charge >= 0.3 is 0 Å². The molecule has 0 aromatic heterocycles. The van der Waals surface area contributed by atoms with Gasteiger partial charge in [-0.3, -0.25) is 4.79 Å². The minimum absolute atomic E-state index is 0.0942. The molecule has 0 aromatic carbocycles. The van der Waals surface area contributed by atoms with Crippen LogP contribution >= 0.6 is 0 Å². The summed E-state index contributed by atoms with van der Waals surface area (Å²) in [4.78, 5) is 12.3. The van der Waals surface area contributed by atoms with Crippen LogP contribution in [0, 0.1) is 11.3 Å². The Balaban J connectivity index is 2.33. The quantitative estimate of drug-likeness (QED) is 0.700. The highest BCUT2D eigenvalue weighted by Gasteiger charge is 2.37. The van der Waals surface area contributed by atoms with Crippen molar-refractivity contribution in [1.82, 2.24) is 10.6 Å². The summed E-state index contributed by atoms with van der Waals surface area (Å²) in [6, 6.07) is 0. The van der Waals surface area contributed by atoms with E-state index in [1.54, 1.807) is 0 Å². The van der Waals surface area contributed by atoms with Crippen molar-refractivity contribution < 1.29 is 4.79 Å². The average Bonchev–Trinajstić information content (AvgIpc) is 2.35. The van der Waals surface area contributed by atoms with E-state index in [4.69, 9.17) is 0 Å². The Kier molecular flexibility index (Phi) is 5.96. The highest BCUT2D eigenvalue weighted by atomic mass is 16.2. The van der Waals surface area contributed by atoms with Gasteiger partial charge in [0.2, 0.25) is 5.91 Å². The van der Waals surface area contributed by atoms with Crippen molar-refractivity contribution in [2.24, 2.45) is 11.3 Å². The molecule has 1 fully saturated rings.